The lowest BCUT2D eigenvalue weighted by molar-refractivity contribution is -0.114. The van der Waals surface area contributed by atoms with Gasteiger partial charge in [-0.15, -0.1) is 0 Å². The Morgan fingerprint density at radius 2 is 1.28 bits per heavy atom. The molecular weight excluding hydrogens is 228 g/mol. The molecule has 2 amide bonds. The zero-order chi connectivity index (χ0) is 13.4. The molecule has 1 aromatic carbocycles. The number of hydrogen-bond donors (Lipinski definition) is 2. The SMILES string of the molecule is NC(=O)C=CCc1ccccc1CC=CC(N)=O. The summed E-state index contributed by atoms with van der Waals surface area (Å²) in [5, 5.41) is 0. The molecule has 0 bridgehead atoms. The van der Waals surface area contributed by atoms with Crippen molar-refractivity contribution in [1.29, 1.82) is 0 Å². The number of rotatable bonds is 6. The molecule has 0 saturated carbocycles. The first-order chi connectivity index (χ1) is 8.59. The van der Waals surface area contributed by atoms with Crippen molar-refractivity contribution in [2.24, 2.45) is 11.5 Å². The average Bonchev–Trinajstić information content (AvgIpc) is 2.30. The summed E-state index contributed by atoms with van der Waals surface area (Å²) in [6.07, 6.45) is 7.39. The van der Waals surface area contributed by atoms with Crippen molar-refractivity contribution < 1.29 is 9.59 Å². The summed E-state index contributed by atoms with van der Waals surface area (Å²) in [6.45, 7) is 0. The Morgan fingerprint density at radius 1 is 0.889 bits per heavy atom. The third-order valence-corrected chi connectivity index (χ3v) is 2.36. The van der Waals surface area contributed by atoms with Gasteiger partial charge in [-0.05, 0) is 36.1 Å². The molecule has 18 heavy (non-hydrogen) atoms. The van der Waals surface area contributed by atoms with Crippen LogP contribution in [0.1, 0.15) is 11.1 Å². The van der Waals surface area contributed by atoms with E-state index in [4.69, 9.17) is 11.5 Å². The molecule has 0 aliphatic rings. The molecule has 0 unspecified atom stereocenters. The first-order valence-electron chi connectivity index (χ1n) is 5.58. The molecule has 0 saturated heterocycles. The van der Waals surface area contributed by atoms with E-state index < -0.39 is 11.8 Å². The van der Waals surface area contributed by atoms with Gasteiger partial charge in [-0.25, -0.2) is 0 Å². The fourth-order valence-corrected chi connectivity index (χ4v) is 1.56. The third kappa shape index (κ3) is 5.12. The summed E-state index contributed by atoms with van der Waals surface area (Å²) in [7, 11) is 0. The van der Waals surface area contributed by atoms with E-state index in [0.29, 0.717) is 12.8 Å². The van der Waals surface area contributed by atoms with Crippen molar-refractivity contribution in [3.05, 3.63) is 59.7 Å². The number of nitrogens with two attached hydrogens (primary N) is 2. The minimum Gasteiger partial charge on any atom is -0.366 e. The molecule has 4 N–H and O–H groups in total. The van der Waals surface area contributed by atoms with Crippen LogP contribution >= 0.6 is 0 Å². The second-order valence-electron chi connectivity index (χ2n) is 3.79. The Morgan fingerprint density at radius 3 is 1.61 bits per heavy atom. The normalized spacial score (nSPS) is 11.1. The third-order valence-electron chi connectivity index (χ3n) is 2.36. The van der Waals surface area contributed by atoms with Crippen molar-refractivity contribution in [1.82, 2.24) is 0 Å². The van der Waals surface area contributed by atoms with Gasteiger partial charge < -0.3 is 11.5 Å². The number of primary amides is 2. The second-order valence-corrected chi connectivity index (χ2v) is 3.79. The first kappa shape index (κ1) is 13.7. The van der Waals surface area contributed by atoms with Crippen LogP contribution in [0.4, 0.5) is 0 Å². The van der Waals surface area contributed by atoms with Crippen LogP contribution in [0, 0.1) is 0 Å². The lowest BCUT2D eigenvalue weighted by Gasteiger charge is -2.04. The van der Waals surface area contributed by atoms with E-state index in [1.165, 1.54) is 12.2 Å². The number of carbonyl (C=O) groups excluding carboxylic acids is 2. The Kier molecular flexibility index (Phi) is 5.38. The predicted octanol–water partition coefficient (Wildman–Crippen LogP) is 0.855. The Balaban J connectivity index is 2.73. The fraction of sp³-hybridized carbons (Fsp3) is 0.143. The molecule has 4 heteroatoms. The van der Waals surface area contributed by atoms with Crippen molar-refractivity contribution in [3.63, 3.8) is 0 Å². The minimum atomic E-state index is -0.457. The summed E-state index contributed by atoms with van der Waals surface area (Å²) >= 11 is 0. The lowest BCUT2D eigenvalue weighted by Crippen LogP contribution is -2.06. The molecule has 0 heterocycles. The Bertz CT molecular complexity index is 445. The standard InChI is InChI=1S/C14H16N2O2/c15-13(17)9-3-7-11-5-1-2-6-12(11)8-4-10-14(16)18/h1-6,9-10H,7-8H2,(H2,15,17)(H2,16,18). The molecule has 94 valence electrons. The Hall–Kier alpha value is -2.36. The summed E-state index contributed by atoms with van der Waals surface area (Å²) in [5.74, 6) is -0.915. The van der Waals surface area contributed by atoms with Gasteiger partial charge in [-0.1, -0.05) is 36.4 Å². The second kappa shape index (κ2) is 7.06. The Labute approximate surface area is 106 Å². The van der Waals surface area contributed by atoms with E-state index in [0.717, 1.165) is 11.1 Å². The van der Waals surface area contributed by atoms with Gasteiger partial charge in [0.05, 0.1) is 0 Å². The van der Waals surface area contributed by atoms with E-state index in [1.54, 1.807) is 12.2 Å². The maximum Gasteiger partial charge on any atom is 0.241 e. The number of allylic oxidation sites excluding steroid dienone is 2. The van der Waals surface area contributed by atoms with E-state index in [-0.39, 0.29) is 0 Å². The van der Waals surface area contributed by atoms with Crippen molar-refractivity contribution in [3.8, 4) is 0 Å². The van der Waals surface area contributed by atoms with Gasteiger partial charge in [-0.3, -0.25) is 9.59 Å². The first-order valence-corrected chi connectivity index (χ1v) is 5.58. The monoisotopic (exact) mass is 244 g/mol. The predicted molar refractivity (Wildman–Crippen MR) is 70.5 cm³/mol. The zero-order valence-electron chi connectivity index (χ0n) is 10.0. The van der Waals surface area contributed by atoms with E-state index in [9.17, 15) is 9.59 Å². The molecule has 0 atom stereocenters. The van der Waals surface area contributed by atoms with E-state index >= 15 is 0 Å². The summed E-state index contributed by atoms with van der Waals surface area (Å²) < 4.78 is 0. The molecule has 0 aliphatic carbocycles. The zero-order valence-corrected chi connectivity index (χ0v) is 10.0. The van der Waals surface area contributed by atoms with Crippen LogP contribution < -0.4 is 11.5 Å². The minimum absolute atomic E-state index is 0.457. The molecule has 4 nitrogen and oxygen atoms in total. The van der Waals surface area contributed by atoms with Gasteiger partial charge in [0.2, 0.25) is 11.8 Å². The highest BCUT2D eigenvalue weighted by molar-refractivity contribution is 5.86. The van der Waals surface area contributed by atoms with Crippen molar-refractivity contribution >= 4 is 11.8 Å². The molecule has 0 spiro atoms. The lowest BCUT2D eigenvalue weighted by atomic mass is 10.0. The largest absolute Gasteiger partial charge is 0.366 e. The van der Waals surface area contributed by atoms with Gasteiger partial charge in [0.25, 0.3) is 0 Å². The maximum absolute atomic E-state index is 10.6. The smallest absolute Gasteiger partial charge is 0.241 e. The van der Waals surface area contributed by atoms with Gasteiger partial charge in [0, 0.05) is 0 Å². The van der Waals surface area contributed by atoms with Crippen LogP contribution in [-0.4, -0.2) is 11.8 Å². The molecule has 0 aliphatic heterocycles. The molecule has 0 radical (unpaired) electrons. The van der Waals surface area contributed by atoms with Crippen LogP contribution in [0.2, 0.25) is 0 Å². The average molecular weight is 244 g/mol. The molecule has 0 fully saturated rings. The van der Waals surface area contributed by atoms with Crippen molar-refractivity contribution in [2.45, 2.75) is 12.8 Å². The maximum atomic E-state index is 10.6. The number of amides is 2. The van der Waals surface area contributed by atoms with Gasteiger partial charge >= 0.3 is 0 Å². The number of carbonyl (C=O) groups is 2. The van der Waals surface area contributed by atoms with Crippen LogP contribution in [0.3, 0.4) is 0 Å². The molecule has 0 aromatic heterocycles. The highest BCUT2D eigenvalue weighted by atomic mass is 16.1. The highest BCUT2D eigenvalue weighted by Crippen LogP contribution is 2.11. The van der Waals surface area contributed by atoms with E-state index in [2.05, 4.69) is 0 Å². The van der Waals surface area contributed by atoms with Gasteiger partial charge in [-0.2, -0.15) is 0 Å². The number of hydrogen-bond acceptors (Lipinski definition) is 2. The molecule has 1 rings (SSSR count). The fourth-order valence-electron chi connectivity index (χ4n) is 1.56. The van der Waals surface area contributed by atoms with Crippen LogP contribution in [0.25, 0.3) is 0 Å². The number of benzene rings is 1. The molecule has 1 aromatic rings. The van der Waals surface area contributed by atoms with Crippen LogP contribution in [0.5, 0.6) is 0 Å². The summed E-state index contributed by atoms with van der Waals surface area (Å²) in [5.41, 5.74) is 12.2. The highest BCUT2D eigenvalue weighted by Gasteiger charge is 1.98. The van der Waals surface area contributed by atoms with Crippen LogP contribution in [0.15, 0.2) is 48.6 Å². The topological polar surface area (TPSA) is 86.2 Å². The quantitative estimate of drug-likeness (QED) is 0.727. The molecular formula is C14H16N2O2. The van der Waals surface area contributed by atoms with E-state index in [1.807, 2.05) is 24.3 Å². The van der Waals surface area contributed by atoms with Crippen LogP contribution in [-0.2, 0) is 22.4 Å². The van der Waals surface area contributed by atoms with Crippen molar-refractivity contribution in [2.75, 3.05) is 0 Å². The summed E-state index contributed by atoms with van der Waals surface area (Å²) in [6, 6.07) is 7.79. The van der Waals surface area contributed by atoms with Gasteiger partial charge in [0.15, 0.2) is 0 Å². The van der Waals surface area contributed by atoms with Gasteiger partial charge in [0.1, 0.15) is 0 Å². The summed E-state index contributed by atoms with van der Waals surface area (Å²) in [4.78, 5) is 21.2.